The molecular formula is C11H14N2S2. The number of thiazole rings is 1. The molecule has 2 rings (SSSR count). The van der Waals surface area contributed by atoms with Gasteiger partial charge in [-0.15, -0.1) is 22.7 Å². The van der Waals surface area contributed by atoms with Crippen LogP contribution >= 0.6 is 22.7 Å². The minimum absolute atomic E-state index is 0.521. The molecule has 2 aromatic rings. The molecule has 0 bridgehead atoms. The number of nitrogens with two attached hydrogens (primary N) is 1. The molecule has 2 N–H and O–H groups in total. The van der Waals surface area contributed by atoms with E-state index in [1.165, 1.54) is 9.88 Å². The first kappa shape index (κ1) is 10.8. The molecule has 0 fully saturated rings. The number of nitrogens with zero attached hydrogens (tertiary/aromatic N) is 1. The molecule has 0 radical (unpaired) electrons. The summed E-state index contributed by atoms with van der Waals surface area (Å²) in [6.45, 7) is 2.89. The molecule has 2 heterocycles. The first-order chi connectivity index (χ1) is 7.29. The van der Waals surface area contributed by atoms with Crippen molar-refractivity contribution in [2.24, 2.45) is 11.7 Å². The Bertz CT molecular complexity index is 406. The quantitative estimate of drug-likeness (QED) is 0.889. The maximum atomic E-state index is 5.60. The normalized spacial score (nSPS) is 12.9. The van der Waals surface area contributed by atoms with E-state index in [1.54, 1.807) is 22.7 Å². The summed E-state index contributed by atoms with van der Waals surface area (Å²) in [6.07, 6.45) is 0.993. The summed E-state index contributed by atoms with van der Waals surface area (Å²) in [5.41, 5.74) is 6.71. The van der Waals surface area contributed by atoms with Gasteiger partial charge in [-0.2, -0.15) is 0 Å². The van der Waals surface area contributed by atoms with Crippen LogP contribution in [0.2, 0.25) is 0 Å². The summed E-state index contributed by atoms with van der Waals surface area (Å²) in [6, 6.07) is 4.16. The Morgan fingerprint density at radius 2 is 2.33 bits per heavy atom. The van der Waals surface area contributed by atoms with Gasteiger partial charge in [-0.3, -0.25) is 0 Å². The highest BCUT2D eigenvalue weighted by molar-refractivity contribution is 7.14. The lowest BCUT2D eigenvalue weighted by Gasteiger charge is -2.03. The van der Waals surface area contributed by atoms with Crippen molar-refractivity contribution in [2.75, 3.05) is 6.54 Å². The zero-order chi connectivity index (χ0) is 10.7. The number of thiophene rings is 1. The van der Waals surface area contributed by atoms with Gasteiger partial charge in [0, 0.05) is 11.8 Å². The Kier molecular flexibility index (Phi) is 3.51. The molecule has 0 saturated carbocycles. The highest BCUT2D eigenvalue weighted by atomic mass is 32.1. The van der Waals surface area contributed by atoms with E-state index in [1.807, 2.05) is 0 Å². The molecule has 1 atom stereocenters. The van der Waals surface area contributed by atoms with Crippen molar-refractivity contribution in [2.45, 2.75) is 13.3 Å². The van der Waals surface area contributed by atoms with E-state index >= 15 is 0 Å². The van der Waals surface area contributed by atoms with Gasteiger partial charge in [0.1, 0.15) is 0 Å². The molecule has 80 valence electrons. The first-order valence-electron chi connectivity index (χ1n) is 4.98. The molecule has 0 spiro atoms. The van der Waals surface area contributed by atoms with Crippen LogP contribution in [0.15, 0.2) is 22.9 Å². The molecular weight excluding hydrogens is 224 g/mol. The minimum Gasteiger partial charge on any atom is -0.330 e. The predicted molar refractivity (Wildman–Crippen MR) is 67.3 cm³/mol. The monoisotopic (exact) mass is 238 g/mol. The standard InChI is InChI=1S/C11H14N2S2/c1-8(6-12)5-11-13-9(7-15-11)10-3-2-4-14-10/h2-4,7-8H,5-6,12H2,1H3. The van der Waals surface area contributed by atoms with Crippen molar-refractivity contribution in [3.63, 3.8) is 0 Å². The Morgan fingerprint density at radius 3 is 3.00 bits per heavy atom. The van der Waals surface area contributed by atoms with Gasteiger partial charge in [-0.25, -0.2) is 4.98 Å². The van der Waals surface area contributed by atoms with E-state index in [-0.39, 0.29) is 0 Å². The second-order valence-electron chi connectivity index (χ2n) is 3.65. The van der Waals surface area contributed by atoms with Crippen molar-refractivity contribution in [1.82, 2.24) is 4.98 Å². The molecule has 0 aromatic carbocycles. The topological polar surface area (TPSA) is 38.9 Å². The highest BCUT2D eigenvalue weighted by Crippen LogP contribution is 2.26. The summed E-state index contributed by atoms with van der Waals surface area (Å²) in [5, 5.41) is 5.40. The zero-order valence-electron chi connectivity index (χ0n) is 8.64. The summed E-state index contributed by atoms with van der Waals surface area (Å²) in [7, 11) is 0. The first-order valence-corrected chi connectivity index (χ1v) is 6.74. The second kappa shape index (κ2) is 4.88. The third-order valence-corrected chi connectivity index (χ3v) is 4.01. The van der Waals surface area contributed by atoms with Gasteiger partial charge in [0.25, 0.3) is 0 Å². The summed E-state index contributed by atoms with van der Waals surface area (Å²) in [4.78, 5) is 5.86. The average molecular weight is 238 g/mol. The van der Waals surface area contributed by atoms with Crippen LogP contribution in [-0.2, 0) is 6.42 Å². The maximum absolute atomic E-state index is 5.60. The average Bonchev–Trinajstić information content (AvgIpc) is 2.85. The SMILES string of the molecule is CC(CN)Cc1nc(-c2cccs2)cs1. The molecule has 1 unspecified atom stereocenters. The third kappa shape index (κ3) is 2.65. The predicted octanol–water partition coefficient (Wildman–Crippen LogP) is 3.01. The summed E-state index contributed by atoms with van der Waals surface area (Å²) in [5.74, 6) is 0.521. The minimum atomic E-state index is 0.521. The molecule has 0 aliphatic heterocycles. The molecule has 2 aromatic heterocycles. The van der Waals surface area contributed by atoms with Crippen LogP contribution in [0.1, 0.15) is 11.9 Å². The van der Waals surface area contributed by atoms with E-state index < -0.39 is 0 Å². The zero-order valence-corrected chi connectivity index (χ0v) is 10.3. The molecule has 15 heavy (non-hydrogen) atoms. The molecule has 0 aliphatic rings. The van der Waals surface area contributed by atoms with E-state index in [9.17, 15) is 0 Å². The largest absolute Gasteiger partial charge is 0.330 e. The van der Waals surface area contributed by atoms with Crippen molar-refractivity contribution >= 4 is 22.7 Å². The highest BCUT2D eigenvalue weighted by Gasteiger charge is 2.08. The van der Waals surface area contributed by atoms with Gasteiger partial charge in [-0.05, 0) is 23.9 Å². The lowest BCUT2D eigenvalue weighted by molar-refractivity contribution is 0.591. The number of hydrogen-bond donors (Lipinski definition) is 1. The Labute approximate surface area is 97.8 Å². The fourth-order valence-corrected chi connectivity index (χ4v) is 3.04. The van der Waals surface area contributed by atoms with Gasteiger partial charge in [0.2, 0.25) is 0 Å². The van der Waals surface area contributed by atoms with E-state index in [0.29, 0.717) is 5.92 Å². The number of hydrogen-bond acceptors (Lipinski definition) is 4. The smallest absolute Gasteiger partial charge is 0.0936 e. The molecule has 0 aliphatic carbocycles. The Hall–Kier alpha value is -0.710. The number of aromatic nitrogens is 1. The van der Waals surface area contributed by atoms with Gasteiger partial charge >= 0.3 is 0 Å². The van der Waals surface area contributed by atoms with Gasteiger partial charge < -0.3 is 5.73 Å². The van der Waals surface area contributed by atoms with Crippen molar-refractivity contribution in [1.29, 1.82) is 0 Å². The van der Waals surface area contributed by atoms with E-state index in [0.717, 1.165) is 18.7 Å². The van der Waals surface area contributed by atoms with Gasteiger partial charge in [-0.1, -0.05) is 13.0 Å². The van der Waals surface area contributed by atoms with E-state index in [2.05, 4.69) is 34.8 Å². The fourth-order valence-electron chi connectivity index (χ4n) is 1.32. The Morgan fingerprint density at radius 1 is 1.47 bits per heavy atom. The third-order valence-electron chi connectivity index (χ3n) is 2.25. The van der Waals surface area contributed by atoms with Crippen molar-refractivity contribution in [3.8, 4) is 10.6 Å². The molecule has 2 nitrogen and oxygen atoms in total. The molecule has 0 saturated heterocycles. The maximum Gasteiger partial charge on any atom is 0.0936 e. The number of rotatable bonds is 4. The van der Waals surface area contributed by atoms with Crippen LogP contribution in [0, 0.1) is 5.92 Å². The van der Waals surface area contributed by atoms with E-state index in [4.69, 9.17) is 5.73 Å². The van der Waals surface area contributed by atoms with Crippen LogP contribution in [0.5, 0.6) is 0 Å². The summed E-state index contributed by atoms with van der Waals surface area (Å²) >= 11 is 3.46. The molecule has 0 amide bonds. The van der Waals surface area contributed by atoms with Crippen molar-refractivity contribution < 1.29 is 0 Å². The van der Waals surface area contributed by atoms with Crippen molar-refractivity contribution in [3.05, 3.63) is 27.9 Å². The second-order valence-corrected chi connectivity index (χ2v) is 5.54. The van der Waals surface area contributed by atoms with Crippen LogP contribution in [-0.4, -0.2) is 11.5 Å². The van der Waals surface area contributed by atoms with Gasteiger partial charge in [0.15, 0.2) is 0 Å². The van der Waals surface area contributed by atoms with Crippen LogP contribution in [0.3, 0.4) is 0 Å². The lowest BCUT2D eigenvalue weighted by atomic mass is 10.1. The fraction of sp³-hybridized carbons (Fsp3) is 0.364. The molecule has 4 heteroatoms. The summed E-state index contributed by atoms with van der Waals surface area (Å²) < 4.78 is 0. The van der Waals surface area contributed by atoms with Crippen LogP contribution in [0.4, 0.5) is 0 Å². The Balaban J connectivity index is 2.11. The van der Waals surface area contributed by atoms with Gasteiger partial charge in [0.05, 0.1) is 15.6 Å². The van der Waals surface area contributed by atoms with Crippen LogP contribution < -0.4 is 5.73 Å². The van der Waals surface area contributed by atoms with Crippen LogP contribution in [0.25, 0.3) is 10.6 Å². The lowest BCUT2D eigenvalue weighted by Crippen LogP contribution is -2.12.